The highest BCUT2D eigenvalue weighted by molar-refractivity contribution is 7.87. The highest BCUT2D eigenvalue weighted by atomic mass is 32.2. The number of carbonyl (C=O) groups is 5. The van der Waals surface area contributed by atoms with E-state index in [9.17, 15) is 36.4 Å². The zero-order valence-corrected chi connectivity index (χ0v) is 38.0. The Balaban J connectivity index is 1.07. The van der Waals surface area contributed by atoms with Gasteiger partial charge >= 0.3 is 10.2 Å². The Morgan fingerprint density at radius 1 is 0.778 bits per heavy atom. The molecule has 8 rings (SSSR count). The molecule has 4 aliphatic heterocycles. The number of halogens is 2. The van der Waals surface area contributed by atoms with E-state index >= 15 is 4.79 Å². The minimum Gasteiger partial charge on any atom is -0.381 e. The molecule has 4 N–H and O–H groups in total. The van der Waals surface area contributed by atoms with Gasteiger partial charge in [-0.05, 0) is 106 Å². The maximum absolute atomic E-state index is 15.5. The maximum atomic E-state index is 15.5. The summed E-state index contributed by atoms with van der Waals surface area (Å²) in [6.45, 7) is 9.72. The number of hydrogen-bond donors (Lipinski definition) is 4. The van der Waals surface area contributed by atoms with Crippen LogP contribution >= 0.6 is 0 Å². The van der Waals surface area contributed by atoms with Crippen molar-refractivity contribution < 1.29 is 45.9 Å². The van der Waals surface area contributed by atoms with E-state index < -0.39 is 93.8 Å². The standard InChI is InChI=1S/C45H69F2N7O8S/c1-4-31-25-45(31,41(59)51-63(60,61)53-21-10-11-22-53)50-38(56)33-26-44(42(2,3)43(44)18-12-19-43)28-54(33)40(58)36(30-16-23-62-24-17-30)49-39(57)35(29-13-6-5-7-14-29)48-37(55)32-15-8-9-20-52(32)27-34(46)47/h4,29-36H,1,5-28H2,2-3H3,(H,48,55)(H,49,57)(H,50,56)(H,51,59)/t31-,32+,33+,35?,36+,44-,45-/m1/s1. The van der Waals surface area contributed by atoms with Gasteiger partial charge in [0.25, 0.3) is 12.3 Å². The van der Waals surface area contributed by atoms with Crippen LogP contribution in [0.3, 0.4) is 0 Å². The number of fused-ring (bicyclic) bond motifs is 1. The van der Waals surface area contributed by atoms with Gasteiger partial charge in [-0.1, -0.05) is 52.0 Å². The molecule has 0 aromatic rings. The molecule has 0 aromatic heterocycles. The molecule has 352 valence electrons. The summed E-state index contributed by atoms with van der Waals surface area (Å²) in [5.74, 6) is -3.86. The zero-order chi connectivity index (χ0) is 45.0. The largest absolute Gasteiger partial charge is 0.381 e. The predicted octanol–water partition coefficient (Wildman–Crippen LogP) is 3.40. The second-order valence-electron chi connectivity index (χ2n) is 20.6. The molecule has 2 spiro atoms. The molecule has 8 fully saturated rings. The average Bonchev–Trinajstić information content (AvgIpc) is 3.70. The smallest absolute Gasteiger partial charge is 0.303 e. The highest BCUT2D eigenvalue weighted by Gasteiger charge is 2.85. The first-order chi connectivity index (χ1) is 30.0. The summed E-state index contributed by atoms with van der Waals surface area (Å²) in [4.78, 5) is 76.2. The Bertz CT molecular complexity index is 1900. The Kier molecular flexibility index (Phi) is 13.1. The van der Waals surface area contributed by atoms with Crippen LogP contribution in [0.1, 0.15) is 123 Å². The number of rotatable bonds is 15. The molecule has 4 aliphatic carbocycles. The Labute approximate surface area is 371 Å². The van der Waals surface area contributed by atoms with Gasteiger partial charge in [-0.25, -0.2) is 13.5 Å². The lowest BCUT2D eigenvalue weighted by Crippen LogP contribution is -2.62. The number of likely N-dealkylation sites (tertiary alicyclic amines) is 2. The van der Waals surface area contributed by atoms with Crippen molar-refractivity contribution in [2.45, 2.75) is 159 Å². The van der Waals surface area contributed by atoms with Crippen molar-refractivity contribution in [1.29, 1.82) is 0 Å². The second-order valence-corrected chi connectivity index (χ2v) is 22.3. The van der Waals surface area contributed by atoms with Gasteiger partial charge in [0.2, 0.25) is 23.6 Å². The third-order valence-corrected chi connectivity index (χ3v) is 18.9. The number of nitrogens with zero attached hydrogens (tertiary/aromatic N) is 3. The van der Waals surface area contributed by atoms with Crippen LogP contribution in [0.4, 0.5) is 8.78 Å². The van der Waals surface area contributed by atoms with E-state index in [0.29, 0.717) is 97.1 Å². The van der Waals surface area contributed by atoms with Crippen molar-refractivity contribution in [2.24, 2.45) is 34.0 Å². The number of piperidine rings is 1. The summed E-state index contributed by atoms with van der Waals surface area (Å²) in [7, 11) is -4.15. The van der Waals surface area contributed by atoms with E-state index in [4.69, 9.17) is 4.74 Å². The molecule has 4 heterocycles. The molecule has 15 nitrogen and oxygen atoms in total. The number of carbonyl (C=O) groups excluding carboxylic acids is 5. The first-order valence-corrected chi connectivity index (χ1v) is 25.2. The molecule has 7 atom stereocenters. The fourth-order valence-corrected chi connectivity index (χ4v) is 14.5. The van der Waals surface area contributed by atoms with Crippen LogP contribution in [0.15, 0.2) is 12.7 Å². The van der Waals surface area contributed by atoms with Crippen LogP contribution in [-0.2, 0) is 38.9 Å². The molecule has 4 saturated carbocycles. The van der Waals surface area contributed by atoms with Gasteiger partial charge in [-0.2, -0.15) is 12.7 Å². The number of nitrogens with one attached hydrogen (secondary N) is 4. The SMILES string of the molecule is C=C[C@@H]1C[C@]1(NC(=O)[C@@H]1C[C@@]2(CN1C(=O)[C@@H](NC(=O)C(NC(=O)[C@@H]1CCCCN1CC(F)F)C1CCCCC1)C1CCOCC1)C(C)(C)C21CCC1)C(=O)NS(=O)(=O)N1CCCC1. The van der Waals surface area contributed by atoms with Gasteiger partial charge in [-0.3, -0.25) is 28.9 Å². The topological polar surface area (TPSA) is 187 Å². The van der Waals surface area contributed by atoms with Crippen LogP contribution in [0.2, 0.25) is 0 Å². The molecule has 63 heavy (non-hydrogen) atoms. The number of hydrogen-bond acceptors (Lipinski definition) is 9. The van der Waals surface area contributed by atoms with Gasteiger partial charge in [0.1, 0.15) is 23.7 Å². The molecule has 1 unspecified atom stereocenters. The Hall–Kier alpha value is -3.22. The van der Waals surface area contributed by atoms with Crippen LogP contribution < -0.4 is 20.7 Å². The van der Waals surface area contributed by atoms with E-state index in [0.717, 1.165) is 38.5 Å². The molecular weight excluding hydrogens is 837 g/mol. The first kappa shape index (κ1) is 46.3. The van der Waals surface area contributed by atoms with Crippen molar-refractivity contribution >= 4 is 39.7 Å². The van der Waals surface area contributed by atoms with Gasteiger partial charge in [0.15, 0.2) is 0 Å². The molecule has 0 bridgehead atoms. The lowest BCUT2D eigenvalue weighted by Gasteiger charge is -2.38. The van der Waals surface area contributed by atoms with Crippen molar-refractivity contribution in [3.63, 3.8) is 0 Å². The Morgan fingerprint density at radius 3 is 2.03 bits per heavy atom. The van der Waals surface area contributed by atoms with Crippen LogP contribution in [0.5, 0.6) is 0 Å². The molecule has 18 heteroatoms. The van der Waals surface area contributed by atoms with E-state index in [1.54, 1.807) is 4.90 Å². The summed E-state index contributed by atoms with van der Waals surface area (Å²) in [5, 5.41) is 9.08. The van der Waals surface area contributed by atoms with Crippen LogP contribution in [0.25, 0.3) is 0 Å². The molecule has 4 saturated heterocycles. The average molecular weight is 906 g/mol. The maximum Gasteiger partial charge on any atom is 0.303 e. The second kappa shape index (κ2) is 17.9. The van der Waals surface area contributed by atoms with Gasteiger partial charge in [-0.15, -0.1) is 6.58 Å². The normalized spacial score (nSPS) is 33.0. The summed E-state index contributed by atoms with van der Waals surface area (Å²) in [5.41, 5.74) is -2.22. The number of amides is 5. The van der Waals surface area contributed by atoms with Crippen molar-refractivity contribution in [3.05, 3.63) is 12.7 Å². The molecule has 8 aliphatic rings. The third kappa shape index (κ3) is 8.34. The highest BCUT2D eigenvalue weighted by Crippen LogP contribution is 2.88. The summed E-state index contributed by atoms with van der Waals surface area (Å²) >= 11 is 0. The van der Waals surface area contributed by atoms with Crippen molar-refractivity contribution in [1.82, 2.24) is 34.8 Å². The van der Waals surface area contributed by atoms with E-state index in [2.05, 4.69) is 41.1 Å². The van der Waals surface area contributed by atoms with Gasteiger partial charge in [0.05, 0.1) is 12.6 Å². The van der Waals surface area contributed by atoms with Gasteiger partial charge < -0.3 is 25.6 Å². The van der Waals surface area contributed by atoms with Crippen molar-refractivity contribution in [2.75, 3.05) is 45.9 Å². The van der Waals surface area contributed by atoms with Crippen LogP contribution in [-0.4, -0.2) is 134 Å². The number of ether oxygens (including phenoxy) is 1. The first-order valence-electron chi connectivity index (χ1n) is 23.8. The molecular formula is C45H69F2N7O8S. The summed E-state index contributed by atoms with van der Waals surface area (Å²) < 4.78 is 62.8. The predicted molar refractivity (Wildman–Crippen MR) is 229 cm³/mol. The lowest BCUT2D eigenvalue weighted by atomic mass is 9.73. The third-order valence-electron chi connectivity index (χ3n) is 17.4. The van der Waals surface area contributed by atoms with Crippen LogP contribution in [0, 0.1) is 34.0 Å². The molecule has 0 aromatic carbocycles. The van der Waals surface area contributed by atoms with E-state index in [1.165, 1.54) is 15.3 Å². The van der Waals surface area contributed by atoms with Crippen molar-refractivity contribution in [3.8, 4) is 0 Å². The summed E-state index contributed by atoms with van der Waals surface area (Å²) in [6.07, 6.45) is 10.7. The summed E-state index contributed by atoms with van der Waals surface area (Å²) in [6, 6.07) is -3.86. The number of alkyl halides is 2. The quantitative estimate of drug-likeness (QED) is 0.179. The minimum atomic E-state index is -4.15. The monoisotopic (exact) mass is 905 g/mol. The van der Waals surface area contributed by atoms with E-state index in [-0.39, 0.29) is 35.6 Å². The van der Waals surface area contributed by atoms with Gasteiger partial charge in [0, 0.05) is 44.2 Å². The lowest BCUT2D eigenvalue weighted by molar-refractivity contribution is -0.145. The molecule has 5 amide bonds. The fraction of sp³-hybridized carbons (Fsp3) is 0.844. The fourth-order valence-electron chi connectivity index (χ4n) is 13.3. The zero-order valence-electron chi connectivity index (χ0n) is 37.1. The minimum absolute atomic E-state index is 0.0687. The Morgan fingerprint density at radius 2 is 1.43 bits per heavy atom. The van der Waals surface area contributed by atoms with E-state index in [1.807, 2.05) is 0 Å². The molecule has 0 radical (unpaired) electrons.